The Morgan fingerprint density at radius 3 is 1.22 bits per heavy atom. The third-order valence-corrected chi connectivity index (χ3v) is 9.75. The highest BCUT2D eigenvalue weighted by Crippen LogP contribution is 2.46. The Balaban J connectivity index is 1.27. The summed E-state index contributed by atoms with van der Waals surface area (Å²) in [7, 11) is 0. The van der Waals surface area contributed by atoms with Crippen LogP contribution in [0.25, 0.3) is 99.1 Å². The molecule has 0 atom stereocenters. The van der Waals surface area contributed by atoms with Crippen molar-refractivity contribution in [2.24, 2.45) is 0 Å². The van der Waals surface area contributed by atoms with E-state index >= 15 is 0 Å². The molecule has 10 aromatic rings. The molecule has 1 aromatic heterocycles. The molecule has 0 aliphatic rings. The van der Waals surface area contributed by atoms with Crippen molar-refractivity contribution in [3.63, 3.8) is 0 Å². The monoisotopic (exact) mass is 656 g/mol. The van der Waals surface area contributed by atoms with Crippen LogP contribution >= 0.6 is 0 Å². The Bertz CT molecular complexity index is 3260. The molecular formula is C50H32O. The summed E-state index contributed by atoms with van der Waals surface area (Å²) in [6, 6.07) is 44.0. The minimum atomic E-state index is -0.436. The zero-order valence-electron chi connectivity index (χ0n) is 35.3. The van der Waals surface area contributed by atoms with Gasteiger partial charge in [0.1, 0.15) is 11.2 Å². The second-order valence-electron chi connectivity index (χ2n) is 12.6. The highest BCUT2D eigenvalue weighted by atomic mass is 16.3. The molecule has 0 saturated carbocycles. The summed E-state index contributed by atoms with van der Waals surface area (Å²) in [5.41, 5.74) is 8.58. The van der Waals surface area contributed by atoms with E-state index in [1.807, 2.05) is 121 Å². The number of hydrogen-bond acceptors (Lipinski definition) is 1. The van der Waals surface area contributed by atoms with E-state index in [1.54, 1.807) is 0 Å². The van der Waals surface area contributed by atoms with Crippen molar-refractivity contribution in [2.45, 2.75) is 0 Å². The van der Waals surface area contributed by atoms with Crippen LogP contribution in [-0.4, -0.2) is 0 Å². The molecule has 51 heavy (non-hydrogen) atoms. The average Bonchev–Trinajstić information content (AvgIpc) is 3.68. The fourth-order valence-electron chi connectivity index (χ4n) is 7.46. The Morgan fingerprint density at radius 1 is 0.294 bits per heavy atom. The van der Waals surface area contributed by atoms with Crippen LogP contribution in [0.2, 0.25) is 0 Å². The Kier molecular flexibility index (Phi) is 5.21. The molecule has 9 aromatic carbocycles. The summed E-state index contributed by atoms with van der Waals surface area (Å²) in [5.74, 6) is 0. The normalized spacial score (nSPS) is 13.7. The first-order chi connectivity index (χ1) is 28.7. The van der Waals surface area contributed by atoms with Crippen molar-refractivity contribution < 1.29 is 15.4 Å². The van der Waals surface area contributed by atoms with E-state index in [1.165, 1.54) is 0 Å². The van der Waals surface area contributed by atoms with Crippen LogP contribution in [-0.2, 0) is 0 Å². The third-order valence-electron chi connectivity index (χ3n) is 9.75. The van der Waals surface area contributed by atoms with Crippen molar-refractivity contribution >= 4 is 43.5 Å². The highest BCUT2D eigenvalue weighted by Gasteiger charge is 2.20. The minimum absolute atomic E-state index is 0.173. The summed E-state index contributed by atoms with van der Waals surface area (Å²) in [5, 5.41) is 2.66. The molecule has 1 heterocycles. The predicted molar refractivity (Wildman–Crippen MR) is 216 cm³/mol. The molecule has 0 unspecified atom stereocenters. The first kappa shape index (κ1) is 22.1. The molecular weight excluding hydrogens is 617 g/mol. The van der Waals surface area contributed by atoms with Gasteiger partial charge in [-0.1, -0.05) is 194 Å². The summed E-state index contributed by atoms with van der Waals surface area (Å²) in [6.07, 6.45) is 0. The van der Waals surface area contributed by atoms with Gasteiger partial charge in [0.15, 0.2) is 0 Å². The number of benzene rings is 9. The number of rotatable bonds is 5. The van der Waals surface area contributed by atoms with E-state index < -0.39 is 24.2 Å². The van der Waals surface area contributed by atoms with Crippen molar-refractivity contribution in [1.82, 2.24) is 0 Å². The summed E-state index contributed by atoms with van der Waals surface area (Å²) >= 11 is 0. The second kappa shape index (κ2) is 12.0. The van der Waals surface area contributed by atoms with Gasteiger partial charge in [-0.2, -0.15) is 0 Å². The fourth-order valence-corrected chi connectivity index (χ4v) is 7.46. The Hall–Kier alpha value is -6.70. The highest BCUT2D eigenvalue weighted by molar-refractivity contribution is 6.22. The zero-order valence-corrected chi connectivity index (χ0v) is 27.3. The molecule has 1 nitrogen and oxygen atoms in total. The van der Waals surface area contributed by atoms with Gasteiger partial charge < -0.3 is 4.42 Å². The van der Waals surface area contributed by atoms with Gasteiger partial charge in [-0.25, -0.2) is 0 Å². The van der Waals surface area contributed by atoms with E-state index in [0.717, 1.165) is 55.3 Å². The molecule has 0 radical (unpaired) electrons. The van der Waals surface area contributed by atoms with E-state index in [-0.39, 0.29) is 45.7 Å². The van der Waals surface area contributed by atoms with Crippen LogP contribution in [0, 0.1) is 0 Å². The molecule has 0 spiro atoms. The van der Waals surface area contributed by atoms with E-state index in [2.05, 4.69) is 24.3 Å². The number of hydrogen-bond donors (Lipinski definition) is 0. The van der Waals surface area contributed by atoms with Crippen LogP contribution in [0.5, 0.6) is 0 Å². The first-order valence-electron chi connectivity index (χ1n) is 20.9. The SMILES string of the molecule is [2H]c1c([2H])c([2H])c2c(-c3ccccc3-c3ccccc3)c3c([2H])c([2H])c([2H])c([2H])c3c(-c3ccc(-c4cccc5c4oc4c(-c6ccccc6)cccc45)cc3)c2c1[2H]. The van der Waals surface area contributed by atoms with Gasteiger partial charge in [-0.3, -0.25) is 0 Å². The first-order valence-corrected chi connectivity index (χ1v) is 16.9. The van der Waals surface area contributed by atoms with Crippen molar-refractivity contribution in [1.29, 1.82) is 0 Å². The van der Waals surface area contributed by atoms with Gasteiger partial charge in [-0.15, -0.1) is 0 Å². The Labute approximate surface area is 307 Å². The lowest BCUT2D eigenvalue weighted by Crippen LogP contribution is -1.92. The van der Waals surface area contributed by atoms with Crippen molar-refractivity contribution in [3.05, 3.63) is 194 Å². The molecule has 0 saturated heterocycles. The lowest BCUT2D eigenvalue weighted by Gasteiger charge is -2.19. The predicted octanol–water partition coefficient (Wildman–Crippen LogP) is 14.2. The maximum absolute atomic E-state index is 9.39. The van der Waals surface area contributed by atoms with Gasteiger partial charge in [0.25, 0.3) is 0 Å². The minimum Gasteiger partial charge on any atom is -0.455 e. The Morgan fingerprint density at radius 2 is 0.686 bits per heavy atom. The largest absolute Gasteiger partial charge is 0.455 e. The lowest BCUT2D eigenvalue weighted by atomic mass is 9.83. The molecule has 0 bridgehead atoms. The van der Waals surface area contributed by atoms with E-state index in [4.69, 9.17) is 9.90 Å². The lowest BCUT2D eigenvalue weighted by molar-refractivity contribution is 0.671. The van der Waals surface area contributed by atoms with Gasteiger partial charge in [0.05, 0.1) is 11.0 Å². The average molecular weight is 657 g/mol. The number of para-hydroxylation sites is 2. The van der Waals surface area contributed by atoms with Crippen LogP contribution in [0.3, 0.4) is 0 Å². The molecule has 238 valence electrons. The van der Waals surface area contributed by atoms with E-state index in [0.29, 0.717) is 22.3 Å². The molecule has 10 rings (SSSR count). The van der Waals surface area contributed by atoms with Crippen LogP contribution in [0.15, 0.2) is 198 Å². The molecule has 0 amide bonds. The number of furan rings is 1. The van der Waals surface area contributed by atoms with Crippen LogP contribution in [0.4, 0.5) is 0 Å². The topological polar surface area (TPSA) is 13.1 Å². The standard InChI is InChI=1S/C50H32O/c1-3-15-33(16-4-1)37-19-7-8-20-40(37)48-43-23-11-9-21-41(43)47(42-22-10-12-24-44(42)48)36-31-29-35(30-32-36)39-26-14-28-46-45-27-13-25-38(49(45)51-50(39)46)34-17-5-2-6-18-34/h1-32H/i9D,10D,11D,12D,21D,22D,23D,24D. The molecule has 0 aliphatic carbocycles. The summed E-state index contributed by atoms with van der Waals surface area (Å²) < 4.78 is 79.6. The number of fused-ring (bicyclic) bond motifs is 5. The molecule has 0 N–H and O–H groups in total. The van der Waals surface area contributed by atoms with Gasteiger partial charge >= 0.3 is 0 Å². The smallest absolute Gasteiger partial charge is 0.143 e. The quantitative estimate of drug-likeness (QED) is 0.168. The van der Waals surface area contributed by atoms with Gasteiger partial charge in [-0.05, 0) is 66.1 Å². The molecule has 1 heteroatoms. The fraction of sp³-hybridized carbons (Fsp3) is 0. The van der Waals surface area contributed by atoms with E-state index in [9.17, 15) is 5.48 Å². The third kappa shape index (κ3) is 4.78. The maximum Gasteiger partial charge on any atom is 0.143 e. The van der Waals surface area contributed by atoms with Crippen molar-refractivity contribution in [3.8, 4) is 55.6 Å². The second-order valence-corrected chi connectivity index (χ2v) is 12.6. The van der Waals surface area contributed by atoms with Gasteiger partial charge in [0.2, 0.25) is 0 Å². The molecule has 0 aliphatic heterocycles. The van der Waals surface area contributed by atoms with Gasteiger partial charge in [0, 0.05) is 21.9 Å². The molecule has 0 fully saturated rings. The summed E-state index contributed by atoms with van der Waals surface area (Å²) in [6.45, 7) is 0. The van der Waals surface area contributed by atoms with Crippen LogP contribution in [0.1, 0.15) is 11.0 Å². The maximum atomic E-state index is 9.39. The zero-order chi connectivity index (χ0) is 40.7. The van der Waals surface area contributed by atoms with Crippen molar-refractivity contribution in [2.75, 3.05) is 0 Å². The summed E-state index contributed by atoms with van der Waals surface area (Å²) in [4.78, 5) is 0. The van der Waals surface area contributed by atoms with Crippen LogP contribution < -0.4 is 0 Å².